The average molecular weight is 429 g/mol. The SMILES string of the molecule is C[C@@H](O)[C@@H](C)Oc1nc(Cc2ccc(S(=N)(=O)C3CC3)cc2)ncc1C(F)(F)F. The van der Waals surface area contributed by atoms with E-state index in [0.29, 0.717) is 16.7 Å². The lowest BCUT2D eigenvalue weighted by Crippen LogP contribution is -2.27. The summed E-state index contributed by atoms with van der Waals surface area (Å²) in [4.78, 5) is 8.15. The molecule has 0 amide bonds. The number of aromatic nitrogens is 2. The van der Waals surface area contributed by atoms with Crippen molar-refractivity contribution in [3.05, 3.63) is 47.4 Å². The molecule has 0 spiro atoms. The lowest BCUT2D eigenvalue weighted by molar-refractivity contribution is -0.140. The van der Waals surface area contributed by atoms with Gasteiger partial charge in [0.1, 0.15) is 17.5 Å². The molecule has 1 aliphatic rings. The molecule has 1 aromatic carbocycles. The molecule has 0 saturated heterocycles. The standard InChI is InChI=1S/C19H22F3N3O3S/c1-11(26)12(2)28-18-16(19(20,21)22)10-24-17(25-18)9-13-3-5-14(6-4-13)29(23,27)15-7-8-15/h3-6,10-12,15,23,26H,7-9H2,1-2H3/t11-,12-,29?/m1/s1. The Labute approximate surface area is 167 Å². The molecule has 3 rings (SSSR count). The molecule has 0 radical (unpaired) electrons. The van der Waals surface area contributed by atoms with Crippen molar-refractivity contribution in [2.45, 2.75) is 61.6 Å². The van der Waals surface area contributed by atoms with E-state index in [1.807, 2.05) is 0 Å². The highest BCUT2D eigenvalue weighted by atomic mass is 32.2. The van der Waals surface area contributed by atoms with Gasteiger partial charge >= 0.3 is 6.18 Å². The average Bonchev–Trinajstić information content (AvgIpc) is 3.47. The van der Waals surface area contributed by atoms with E-state index in [1.54, 1.807) is 24.3 Å². The molecular weight excluding hydrogens is 407 g/mol. The highest BCUT2D eigenvalue weighted by Crippen LogP contribution is 2.36. The van der Waals surface area contributed by atoms with E-state index in [-0.39, 0.29) is 17.5 Å². The van der Waals surface area contributed by atoms with Crippen molar-refractivity contribution in [2.24, 2.45) is 0 Å². The van der Waals surface area contributed by atoms with Crippen LogP contribution in [0, 0.1) is 4.78 Å². The van der Waals surface area contributed by atoms with E-state index >= 15 is 0 Å². The second-order valence-electron chi connectivity index (χ2n) is 7.19. The van der Waals surface area contributed by atoms with Crippen molar-refractivity contribution >= 4 is 9.73 Å². The Morgan fingerprint density at radius 3 is 2.41 bits per heavy atom. The Kier molecular flexibility index (Phi) is 5.86. The van der Waals surface area contributed by atoms with Gasteiger partial charge in [-0.05, 0) is 44.4 Å². The highest BCUT2D eigenvalue weighted by molar-refractivity contribution is 7.93. The molecule has 1 aliphatic carbocycles. The summed E-state index contributed by atoms with van der Waals surface area (Å²) in [6, 6.07) is 6.57. The van der Waals surface area contributed by atoms with E-state index in [9.17, 15) is 22.5 Å². The van der Waals surface area contributed by atoms with Gasteiger partial charge in [0.2, 0.25) is 5.88 Å². The Bertz CT molecular complexity index is 972. The van der Waals surface area contributed by atoms with Crippen LogP contribution in [0.5, 0.6) is 5.88 Å². The summed E-state index contributed by atoms with van der Waals surface area (Å²) < 4.78 is 65.4. The number of ether oxygens (including phenoxy) is 1. The summed E-state index contributed by atoms with van der Waals surface area (Å²) in [5.41, 5.74) is -0.406. The van der Waals surface area contributed by atoms with Gasteiger partial charge in [0, 0.05) is 22.8 Å². The molecule has 0 bridgehead atoms. The number of benzene rings is 1. The second-order valence-corrected chi connectivity index (χ2v) is 9.53. The number of aliphatic hydroxyl groups excluding tert-OH is 1. The monoisotopic (exact) mass is 429 g/mol. The molecular formula is C19H22F3N3O3S. The summed E-state index contributed by atoms with van der Waals surface area (Å²) in [5, 5.41) is 9.43. The quantitative estimate of drug-likeness (QED) is 0.698. The predicted octanol–water partition coefficient (Wildman–Crippen LogP) is 3.80. The normalized spacial score (nSPS) is 18.7. The number of nitrogens with zero attached hydrogens (tertiary/aromatic N) is 2. The molecule has 1 aromatic heterocycles. The fraction of sp³-hybridized carbons (Fsp3) is 0.474. The van der Waals surface area contributed by atoms with Crippen molar-refractivity contribution in [3.63, 3.8) is 0 Å². The number of alkyl halides is 3. The number of hydrogen-bond acceptors (Lipinski definition) is 6. The molecule has 158 valence electrons. The van der Waals surface area contributed by atoms with E-state index in [4.69, 9.17) is 9.52 Å². The van der Waals surface area contributed by atoms with Crippen LogP contribution in [-0.2, 0) is 22.3 Å². The zero-order valence-corrected chi connectivity index (χ0v) is 16.8. The highest BCUT2D eigenvalue weighted by Gasteiger charge is 2.37. The zero-order valence-electron chi connectivity index (χ0n) is 15.9. The fourth-order valence-corrected chi connectivity index (χ4v) is 4.35. The lowest BCUT2D eigenvalue weighted by atomic mass is 10.1. The summed E-state index contributed by atoms with van der Waals surface area (Å²) >= 11 is 0. The maximum absolute atomic E-state index is 13.2. The maximum atomic E-state index is 13.2. The Morgan fingerprint density at radius 1 is 1.28 bits per heavy atom. The third kappa shape index (κ3) is 5.05. The summed E-state index contributed by atoms with van der Waals surface area (Å²) in [7, 11) is -2.81. The van der Waals surface area contributed by atoms with Crippen molar-refractivity contribution in [3.8, 4) is 5.88 Å². The van der Waals surface area contributed by atoms with Crippen LogP contribution in [0.3, 0.4) is 0 Å². The smallest absolute Gasteiger partial charge is 0.423 e. The molecule has 1 unspecified atom stereocenters. The maximum Gasteiger partial charge on any atom is 0.423 e. The largest absolute Gasteiger partial charge is 0.471 e. The molecule has 3 atom stereocenters. The van der Waals surface area contributed by atoms with Crippen molar-refractivity contribution in [1.82, 2.24) is 9.97 Å². The van der Waals surface area contributed by atoms with Crippen molar-refractivity contribution < 1.29 is 27.2 Å². The number of hydrogen-bond donors (Lipinski definition) is 2. The second kappa shape index (κ2) is 7.91. The predicted molar refractivity (Wildman–Crippen MR) is 100 cm³/mol. The lowest BCUT2D eigenvalue weighted by Gasteiger charge is -2.19. The zero-order chi connectivity index (χ0) is 21.4. The fourth-order valence-electron chi connectivity index (χ4n) is 2.63. The number of halogens is 3. The van der Waals surface area contributed by atoms with E-state index in [1.165, 1.54) is 13.8 Å². The van der Waals surface area contributed by atoms with Gasteiger partial charge < -0.3 is 9.84 Å². The van der Waals surface area contributed by atoms with Crippen molar-refractivity contribution in [1.29, 1.82) is 4.78 Å². The van der Waals surface area contributed by atoms with Gasteiger partial charge in [0.05, 0.1) is 15.8 Å². The van der Waals surface area contributed by atoms with Crippen LogP contribution in [0.1, 0.15) is 43.6 Å². The topological polar surface area (TPSA) is 96.2 Å². The molecule has 29 heavy (non-hydrogen) atoms. The minimum absolute atomic E-state index is 0.0952. The van der Waals surface area contributed by atoms with Crippen LogP contribution in [-0.4, -0.2) is 36.7 Å². The minimum Gasteiger partial charge on any atom is -0.471 e. The molecule has 10 heteroatoms. The first kappa shape index (κ1) is 21.5. The van der Waals surface area contributed by atoms with Gasteiger partial charge in [0.15, 0.2) is 0 Å². The first-order valence-electron chi connectivity index (χ1n) is 9.13. The number of aliphatic hydroxyl groups is 1. The first-order valence-corrected chi connectivity index (χ1v) is 10.7. The van der Waals surface area contributed by atoms with E-state index < -0.39 is 39.6 Å². The molecule has 2 N–H and O–H groups in total. The number of rotatable bonds is 7. The van der Waals surface area contributed by atoms with E-state index in [2.05, 4.69) is 9.97 Å². The molecule has 1 saturated carbocycles. The van der Waals surface area contributed by atoms with Crippen LogP contribution in [0.15, 0.2) is 35.4 Å². The van der Waals surface area contributed by atoms with Crippen LogP contribution >= 0.6 is 0 Å². The van der Waals surface area contributed by atoms with Crippen molar-refractivity contribution in [2.75, 3.05) is 0 Å². The van der Waals surface area contributed by atoms with Crippen LogP contribution < -0.4 is 4.74 Å². The Hall–Kier alpha value is -2.20. The summed E-state index contributed by atoms with van der Waals surface area (Å²) in [6.07, 6.45) is -4.16. The summed E-state index contributed by atoms with van der Waals surface area (Å²) in [6.45, 7) is 2.86. The Morgan fingerprint density at radius 2 is 1.90 bits per heavy atom. The van der Waals surface area contributed by atoms with Crippen LogP contribution in [0.4, 0.5) is 13.2 Å². The van der Waals surface area contributed by atoms with Gasteiger partial charge in [-0.25, -0.2) is 14.0 Å². The first-order chi connectivity index (χ1) is 13.5. The Balaban J connectivity index is 1.83. The molecule has 1 fully saturated rings. The molecule has 2 aromatic rings. The minimum atomic E-state index is -4.69. The van der Waals surface area contributed by atoms with Crippen LogP contribution in [0.2, 0.25) is 0 Å². The molecule has 6 nitrogen and oxygen atoms in total. The van der Waals surface area contributed by atoms with Gasteiger partial charge in [-0.15, -0.1) is 0 Å². The van der Waals surface area contributed by atoms with Gasteiger partial charge in [0.25, 0.3) is 0 Å². The molecule has 0 aliphatic heterocycles. The van der Waals surface area contributed by atoms with Gasteiger partial charge in [-0.1, -0.05) is 12.1 Å². The number of nitrogens with one attached hydrogen (secondary N) is 1. The van der Waals surface area contributed by atoms with Crippen LogP contribution in [0.25, 0.3) is 0 Å². The molecule has 1 heterocycles. The third-order valence-electron chi connectivity index (χ3n) is 4.72. The van der Waals surface area contributed by atoms with E-state index in [0.717, 1.165) is 12.8 Å². The van der Waals surface area contributed by atoms with Gasteiger partial charge in [-0.2, -0.15) is 18.2 Å². The summed E-state index contributed by atoms with van der Waals surface area (Å²) in [5.74, 6) is -0.511. The van der Waals surface area contributed by atoms with Gasteiger partial charge in [-0.3, -0.25) is 0 Å². The third-order valence-corrected chi connectivity index (χ3v) is 7.10.